The largest absolute Gasteiger partial charge is 0.479 e. The van der Waals surface area contributed by atoms with Gasteiger partial charge in [0.15, 0.2) is 5.60 Å². The molecule has 1 aliphatic rings. The molecule has 1 aromatic carbocycles. The van der Waals surface area contributed by atoms with Gasteiger partial charge in [-0.25, -0.2) is 4.79 Å². The molecule has 1 saturated heterocycles. The molecule has 1 N–H and O–H groups in total. The van der Waals surface area contributed by atoms with Gasteiger partial charge in [-0.2, -0.15) is 0 Å². The van der Waals surface area contributed by atoms with E-state index < -0.39 is 11.6 Å². The normalized spacial score (nSPS) is 27.3. The maximum Gasteiger partial charge on any atom is 0.339 e. The molecule has 1 aliphatic heterocycles. The third-order valence-corrected chi connectivity index (χ3v) is 4.69. The predicted octanol–water partition coefficient (Wildman–Crippen LogP) is 3.06. The fraction of sp³-hybridized carbons (Fsp3) is 0.533. The quantitative estimate of drug-likeness (QED) is 0.815. The fourth-order valence-electron chi connectivity index (χ4n) is 2.82. The van der Waals surface area contributed by atoms with Crippen molar-refractivity contribution < 1.29 is 14.6 Å². The third-order valence-electron chi connectivity index (χ3n) is 4.69. The zero-order valence-electron chi connectivity index (χ0n) is 11.1. The van der Waals surface area contributed by atoms with E-state index >= 15 is 0 Å². The molecule has 3 atom stereocenters. The molecule has 0 aliphatic carbocycles. The Morgan fingerprint density at radius 3 is 2.44 bits per heavy atom. The van der Waals surface area contributed by atoms with Crippen molar-refractivity contribution in [1.29, 1.82) is 0 Å². The number of carbonyl (C=O) groups is 1. The predicted molar refractivity (Wildman–Crippen MR) is 69.6 cm³/mol. The monoisotopic (exact) mass is 248 g/mol. The van der Waals surface area contributed by atoms with Crippen molar-refractivity contribution in [3.05, 3.63) is 35.9 Å². The van der Waals surface area contributed by atoms with E-state index in [4.69, 9.17) is 4.74 Å². The van der Waals surface area contributed by atoms with E-state index in [0.29, 0.717) is 6.61 Å². The highest BCUT2D eigenvalue weighted by Gasteiger charge is 2.66. The van der Waals surface area contributed by atoms with Crippen molar-refractivity contribution in [1.82, 2.24) is 0 Å². The summed E-state index contributed by atoms with van der Waals surface area (Å²) in [7, 11) is 0. The molecule has 3 unspecified atom stereocenters. The van der Waals surface area contributed by atoms with Crippen molar-refractivity contribution in [2.75, 3.05) is 6.61 Å². The lowest BCUT2D eigenvalue weighted by molar-refractivity contribution is -0.149. The van der Waals surface area contributed by atoms with Gasteiger partial charge in [0.1, 0.15) is 0 Å². The highest BCUT2D eigenvalue weighted by molar-refractivity contribution is 5.82. The SMILES string of the molecule is CCC(C)(C(C)c1ccccc1)C1(C(=O)O)CO1. The van der Waals surface area contributed by atoms with Crippen molar-refractivity contribution in [3.8, 4) is 0 Å². The van der Waals surface area contributed by atoms with Crippen LogP contribution in [0.15, 0.2) is 30.3 Å². The van der Waals surface area contributed by atoms with Crippen molar-refractivity contribution in [2.24, 2.45) is 5.41 Å². The third kappa shape index (κ3) is 1.74. The van der Waals surface area contributed by atoms with Gasteiger partial charge in [-0.15, -0.1) is 0 Å². The zero-order chi connectivity index (χ0) is 13.4. The van der Waals surface area contributed by atoms with Crippen LogP contribution in [0.1, 0.15) is 38.7 Å². The summed E-state index contributed by atoms with van der Waals surface area (Å²) in [5.41, 5.74) is -0.227. The van der Waals surface area contributed by atoms with Crippen LogP contribution < -0.4 is 0 Å². The van der Waals surface area contributed by atoms with E-state index in [1.807, 2.05) is 32.0 Å². The molecule has 98 valence electrons. The molecule has 0 aromatic heterocycles. The molecule has 2 rings (SSSR count). The average Bonchev–Trinajstić information content (AvgIpc) is 3.19. The standard InChI is InChI=1S/C15H20O3/c1-4-14(3,15(10-18-15)13(16)17)11(2)12-8-6-5-7-9-12/h5-9,11H,4,10H2,1-3H3,(H,16,17). The minimum atomic E-state index is -1.00. The highest BCUT2D eigenvalue weighted by atomic mass is 16.6. The second kappa shape index (κ2) is 4.39. The van der Waals surface area contributed by atoms with Crippen molar-refractivity contribution in [2.45, 2.75) is 38.7 Å². The Labute approximate surface area is 108 Å². The van der Waals surface area contributed by atoms with E-state index in [0.717, 1.165) is 12.0 Å². The number of hydrogen-bond donors (Lipinski definition) is 1. The van der Waals surface area contributed by atoms with Gasteiger partial charge in [-0.05, 0) is 17.9 Å². The first-order valence-corrected chi connectivity index (χ1v) is 6.40. The molecule has 18 heavy (non-hydrogen) atoms. The number of epoxide rings is 1. The molecular weight excluding hydrogens is 228 g/mol. The Kier molecular flexibility index (Phi) is 3.20. The Bertz CT molecular complexity index is 436. The summed E-state index contributed by atoms with van der Waals surface area (Å²) in [5.74, 6) is -0.697. The molecule has 3 nitrogen and oxygen atoms in total. The number of carboxylic acids is 1. The van der Waals surface area contributed by atoms with Gasteiger partial charge in [0.2, 0.25) is 0 Å². The Morgan fingerprint density at radius 1 is 1.50 bits per heavy atom. The van der Waals surface area contributed by atoms with Crippen LogP contribution >= 0.6 is 0 Å². The van der Waals surface area contributed by atoms with E-state index in [9.17, 15) is 9.90 Å². The van der Waals surface area contributed by atoms with Crippen LogP contribution in [-0.2, 0) is 9.53 Å². The summed E-state index contributed by atoms with van der Waals surface area (Å²) < 4.78 is 5.36. The molecular formula is C15H20O3. The number of rotatable bonds is 5. The second-order valence-corrected chi connectivity index (χ2v) is 5.32. The van der Waals surface area contributed by atoms with Gasteiger partial charge in [0.05, 0.1) is 6.61 Å². The number of ether oxygens (including phenoxy) is 1. The minimum Gasteiger partial charge on any atom is -0.479 e. The maximum absolute atomic E-state index is 11.5. The molecule has 3 heteroatoms. The summed E-state index contributed by atoms with van der Waals surface area (Å²) in [6.45, 7) is 6.46. The van der Waals surface area contributed by atoms with E-state index in [-0.39, 0.29) is 11.3 Å². The molecule has 1 fully saturated rings. The number of aliphatic carboxylic acids is 1. The van der Waals surface area contributed by atoms with Crippen LogP contribution in [-0.4, -0.2) is 23.3 Å². The lowest BCUT2D eigenvalue weighted by Crippen LogP contribution is -2.45. The topological polar surface area (TPSA) is 49.8 Å². The van der Waals surface area contributed by atoms with Gasteiger partial charge in [0.25, 0.3) is 0 Å². The average molecular weight is 248 g/mol. The van der Waals surface area contributed by atoms with Gasteiger partial charge in [0, 0.05) is 5.41 Å². The molecule has 0 saturated carbocycles. The van der Waals surface area contributed by atoms with Crippen LogP contribution in [0.5, 0.6) is 0 Å². The van der Waals surface area contributed by atoms with Crippen LogP contribution in [0.2, 0.25) is 0 Å². The molecule has 1 aromatic rings. The first-order chi connectivity index (χ1) is 8.48. The maximum atomic E-state index is 11.5. The van der Waals surface area contributed by atoms with E-state index in [2.05, 4.69) is 19.1 Å². The second-order valence-electron chi connectivity index (χ2n) is 5.32. The number of hydrogen-bond acceptors (Lipinski definition) is 2. The first kappa shape index (κ1) is 13.1. The van der Waals surface area contributed by atoms with Gasteiger partial charge < -0.3 is 9.84 Å². The molecule has 0 spiro atoms. The summed E-state index contributed by atoms with van der Waals surface area (Å²) in [4.78, 5) is 11.5. The number of carboxylic acid groups (broad SMARTS) is 1. The van der Waals surface area contributed by atoms with Gasteiger partial charge >= 0.3 is 5.97 Å². The highest BCUT2D eigenvalue weighted by Crippen LogP contribution is 2.54. The summed E-state index contributed by atoms with van der Waals surface area (Å²) >= 11 is 0. The lowest BCUT2D eigenvalue weighted by Gasteiger charge is -2.38. The molecule has 0 radical (unpaired) electrons. The Hall–Kier alpha value is -1.35. The van der Waals surface area contributed by atoms with Gasteiger partial charge in [-0.1, -0.05) is 51.1 Å². The zero-order valence-corrected chi connectivity index (χ0v) is 11.1. The summed E-state index contributed by atoms with van der Waals surface area (Å²) in [6.07, 6.45) is 0.773. The molecule has 0 amide bonds. The van der Waals surface area contributed by atoms with Crippen LogP contribution in [0.25, 0.3) is 0 Å². The Morgan fingerprint density at radius 2 is 2.06 bits per heavy atom. The molecule has 1 heterocycles. The van der Waals surface area contributed by atoms with Crippen molar-refractivity contribution >= 4 is 5.97 Å². The lowest BCUT2D eigenvalue weighted by atomic mass is 9.64. The number of benzene rings is 1. The van der Waals surface area contributed by atoms with E-state index in [1.54, 1.807) is 0 Å². The van der Waals surface area contributed by atoms with Crippen LogP contribution in [0, 0.1) is 5.41 Å². The first-order valence-electron chi connectivity index (χ1n) is 6.40. The Balaban J connectivity index is 2.37. The fourth-order valence-corrected chi connectivity index (χ4v) is 2.82. The van der Waals surface area contributed by atoms with E-state index in [1.165, 1.54) is 0 Å². The van der Waals surface area contributed by atoms with Gasteiger partial charge in [-0.3, -0.25) is 0 Å². The summed E-state index contributed by atoms with van der Waals surface area (Å²) in [5, 5.41) is 9.44. The smallest absolute Gasteiger partial charge is 0.339 e. The van der Waals surface area contributed by atoms with Crippen LogP contribution in [0.4, 0.5) is 0 Å². The summed E-state index contributed by atoms with van der Waals surface area (Å²) in [6, 6.07) is 10.1. The van der Waals surface area contributed by atoms with Crippen LogP contribution in [0.3, 0.4) is 0 Å². The minimum absolute atomic E-state index is 0.141. The molecule has 0 bridgehead atoms. The van der Waals surface area contributed by atoms with Crippen molar-refractivity contribution in [3.63, 3.8) is 0 Å².